The Morgan fingerprint density at radius 2 is 2.22 bits per heavy atom. The Hall–Kier alpha value is -1.89. The van der Waals surface area contributed by atoms with E-state index < -0.39 is 0 Å². The first kappa shape index (κ1) is 16.0. The summed E-state index contributed by atoms with van der Waals surface area (Å²) in [5, 5.41) is 9.10. The van der Waals surface area contributed by atoms with Crippen LogP contribution in [0.25, 0.3) is 0 Å². The first-order valence-corrected chi connectivity index (χ1v) is 7.76. The molecule has 1 aliphatic rings. The fourth-order valence-corrected chi connectivity index (χ4v) is 2.89. The Balaban J connectivity index is 1.61. The number of nitrogens with zero attached hydrogens (tertiary/aromatic N) is 2. The lowest BCUT2D eigenvalue weighted by atomic mass is 10.2. The SMILES string of the molecule is CO[C@@H]1C[C@@H](COc2cccnc2)N(Cc2ccc(CO)o2)C1. The zero-order valence-corrected chi connectivity index (χ0v) is 13.2. The summed E-state index contributed by atoms with van der Waals surface area (Å²) in [5.41, 5.74) is 0. The molecule has 0 amide bonds. The molecule has 6 nitrogen and oxygen atoms in total. The molecule has 0 aliphatic carbocycles. The summed E-state index contributed by atoms with van der Waals surface area (Å²) in [6, 6.07) is 7.73. The number of likely N-dealkylation sites (tertiary alicyclic amines) is 1. The summed E-state index contributed by atoms with van der Waals surface area (Å²) in [6.45, 7) is 2.03. The highest BCUT2D eigenvalue weighted by Gasteiger charge is 2.33. The molecule has 0 unspecified atom stereocenters. The third-order valence-corrected chi connectivity index (χ3v) is 4.13. The minimum Gasteiger partial charge on any atom is -0.490 e. The normalized spacial score (nSPS) is 21.7. The van der Waals surface area contributed by atoms with E-state index in [0.29, 0.717) is 18.9 Å². The van der Waals surface area contributed by atoms with E-state index in [2.05, 4.69) is 9.88 Å². The first-order valence-electron chi connectivity index (χ1n) is 7.76. The number of methoxy groups -OCH3 is 1. The van der Waals surface area contributed by atoms with Crippen LogP contribution in [0.5, 0.6) is 5.75 Å². The average molecular weight is 318 g/mol. The van der Waals surface area contributed by atoms with Gasteiger partial charge in [-0.25, -0.2) is 0 Å². The highest BCUT2D eigenvalue weighted by molar-refractivity contribution is 5.15. The molecule has 1 fully saturated rings. The van der Waals surface area contributed by atoms with Crippen molar-refractivity contribution in [3.8, 4) is 5.75 Å². The van der Waals surface area contributed by atoms with Crippen LogP contribution >= 0.6 is 0 Å². The van der Waals surface area contributed by atoms with Crippen LogP contribution in [0.1, 0.15) is 17.9 Å². The Kier molecular flexibility index (Phi) is 5.27. The standard InChI is InChI=1S/C17H22N2O4/c1-21-17-7-13(12-22-14-3-2-6-18-8-14)19(10-17)9-15-4-5-16(11-20)23-15/h2-6,8,13,17,20H,7,9-12H2,1H3/t13-,17+/m0/s1. The van der Waals surface area contributed by atoms with Gasteiger partial charge in [0.05, 0.1) is 18.8 Å². The van der Waals surface area contributed by atoms with Gasteiger partial charge in [0.2, 0.25) is 0 Å². The monoisotopic (exact) mass is 318 g/mol. The van der Waals surface area contributed by atoms with Gasteiger partial charge in [0.15, 0.2) is 0 Å². The van der Waals surface area contributed by atoms with Crippen molar-refractivity contribution in [2.75, 3.05) is 20.3 Å². The zero-order valence-electron chi connectivity index (χ0n) is 13.2. The van der Waals surface area contributed by atoms with Crippen molar-refractivity contribution in [3.05, 3.63) is 48.2 Å². The van der Waals surface area contributed by atoms with Crippen molar-refractivity contribution in [1.29, 1.82) is 0 Å². The third kappa shape index (κ3) is 4.10. The second-order valence-corrected chi connectivity index (χ2v) is 5.70. The summed E-state index contributed by atoms with van der Waals surface area (Å²) in [5.74, 6) is 2.21. The lowest BCUT2D eigenvalue weighted by molar-refractivity contribution is 0.105. The Morgan fingerprint density at radius 3 is 2.91 bits per heavy atom. The molecule has 124 valence electrons. The van der Waals surface area contributed by atoms with Crippen LogP contribution in [0, 0.1) is 0 Å². The van der Waals surface area contributed by atoms with E-state index in [1.807, 2.05) is 18.2 Å². The number of hydrogen-bond acceptors (Lipinski definition) is 6. The summed E-state index contributed by atoms with van der Waals surface area (Å²) in [6.07, 6.45) is 4.56. The van der Waals surface area contributed by atoms with Crippen molar-refractivity contribution < 1.29 is 19.0 Å². The number of hydrogen-bond donors (Lipinski definition) is 1. The second kappa shape index (κ2) is 7.59. The van der Waals surface area contributed by atoms with Gasteiger partial charge < -0.3 is 19.0 Å². The Labute approximate surface area is 135 Å². The molecule has 2 atom stereocenters. The molecule has 1 aliphatic heterocycles. The van der Waals surface area contributed by atoms with E-state index in [1.165, 1.54) is 0 Å². The van der Waals surface area contributed by atoms with Crippen molar-refractivity contribution in [1.82, 2.24) is 9.88 Å². The van der Waals surface area contributed by atoms with Crippen LogP contribution in [0.15, 0.2) is 41.1 Å². The van der Waals surface area contributed by atoms with E-state index in [0.717, 1.165) is 24.5 Å². The number of furan rings is 1. The van der Waals surface area contributed by atoms with Crippen molar-refractivity contribution >= 4 is 0 Å². The fourth-order valence-electron chi connectivity index (χ4n) is 2.89. The molecule has 0 spiro atoms. The molecular weight excluding hydrogens is 296 g/mol. The molecule has 3 heterocycles. The van der Waals surface area contributed by atoms with E-state index in [4.69, 9.17) is 19.0 Å². The Bertz CT molecular complexity index is 602. The lowest BCUT2D eigenvalue weighted by Gasteiger charge is -2.23. The van der Waals surface area contributed by atoms with Crippen LogP contribution in [0.2, 0.25) is 0 Å². The summed E-state index contributed by atoms with van der Waals surface area (Å²) in [4.78, 5) is 6.35. The first-order chi connectivity index (χ1) is 11.3. The molecule has 6 heteroatoms. The van der Waals surface area contributed by atoms with Gasteiger partial charge >= 0.3 is 0 Å². The quantitative estimate of drug-likeness (QED) is 0.840. The second-order valence-electron chi connectivity index (χ2n) is 5.70. The smallest absolute Gasteiger partial charge is 0.137 e. The molecule has 0 radical (unpaired) electrons. The van der Waals surface area contributed by atoms with E-state index in [1.54, 1.807) is 25.6 Å². The molecule has 1 saturated heterocycles. The van der Waals surface area contributed by atoms with Gasteiger partial charge in [-0.3, -0.25) is 9.88 Å². The average Bonchev–Trinajstić information content (AvgIpc) is 3.21. The molecule has 2 aromatic heterocycles. The largest absolute Gasteiger partial charge is 0.490 e. The number of rotatable bonds is 7. The molecule has 2 aromatic rings. The molecule has 0 bridgehead atoms. The van der Waals surface area contributed by atoms with Gasteiger partial charge in [-0.1, -0.05) is 0 Å². The topological polar surface area (TPSA) is 68.0 Å². The number of aromatic nitrogens is 1. The predicted octanol–water partition coefficient (Wildman–Crippen LogP) is 1.84. The minimum absolute atomic E-state index is 0.0752. The van der Waals surface area contributed by atoms with E-state index in [-0.39, 0.29) is 18.8 Å². The van der Waals surface area contributed by atoms with Gasteiger partial charge in [0.1, 0.15) is 30.5 Å². The van der Waals surface area contributed by atoms with Gasteiger partial charge in [0, 0.05) is 25.9 Å². The highest BCUT2D eigenvalue weighted by atomic mass is 16.5. The van der Waals surface area contributed by atoms with Crippen molar-refractivity contribution in [2.45, 2.75) is 31.7 Å². The van der Waals surface area contributed by atoms with Crippen LogP contribution in [0.4, 0.5) is 0 Å². The van der Waals surface area contributed by atoms with Gasteiger partial charge in [0.25, 0.3) is 0 Å². The van der Waals surface area contributed by atoms with Crippen LogP contribution in [-0.4, -0.2) is 47.4 Å². The van der Waals surface area contributed by atoms with Crippen LogP contribution in [-0.2, 0) is 17.9 Å². The number of aliphatic hydroxyl groups excluding tert-OH is 1. The third-order valence-electron chi connectivity index (χ3n) is 4.13. The minimum atomic E-state index is -0.0752. The Morgan fingerprint density at radius 1 is 1.35 bits per heavy atom. The number of ether oxygens (including phenoxy) is 2. The van der Waals surface area contributed by atoms with Crippen molar-refractivity contribution in [3.63, 3.8) is 0 Å². The van der Waals surface area contributed by atoms with Crippen LogP contribution < -0.4 is 4.74 Å². The van der Waals surface area contributed by atoms with Crippen molar-refractivity contribution in [2.24, 2.45) is 0 Å². The predicted molar refractivity (Wildman–Crippen MR) is 84.0 cm³/mol. The maximum Gasteiger partial charge on any atom is 0.137 e. The molecule has 1 N–H and O–H groups in total. The summed E-state index contributed by atoms with van der Waals surface area (Å²) in [7, 11) is 1.74. The van der Waals surface area contributed by atoms with Gasteiger partial charge in [-0.15, -0.1) is 0 Å². The molecule has 3 rings (SSSR count). The van der Waals surface area contributed by atoms with E-state index in [9.17, 15) is 0 Å². The highest BCUT2D eigenvalue weighted by Crippen LogP contribution is 2.24. The zero-order chi connectivity index (χ0) is 16.1. The fraction of sp³-hybridized carbons (Fsp3) is 0.471. The van der Waals surface area contributed by atoms with Gasteiger partial charge in [-0.05, 0) is 30.7 Å². The maximum atomic E-state index is 9.10. The maximum absolute atomic E-state index is 9.10. The molecule has 0 saturated carbocycles. The molecule has 23 heavy (non-hydrogen) atoms. The van der Waals surface area contributed by atoms with E-state index >= 15 is 0 Å². The molecule has 0 aromatic carbocycles. The summed E-state index contributed by atoms with van der Waals surface area (Å²) < 4.78 is 16.9. The van der Waals surface area contributed by atoms with Gasteiger partial charge in [-0.2, -0.15) is 0 Å². The molecular formula is C17H22N2O4. The number of pyridine rings is 1. The number of aliphatic hydroxyl groups is 1. The summed E-state index contributed by atoms with van der Waals surface area (Å²) >= 11 is 0. The van der Waals surface area contributed by atoms with Crippen LogP contribution in [0.3, 0.4) is 0 Å². The lowest BCUT2D eigenvalue weighted by Crippen LogP contribution is -2.33.